The number of methoxy groups -OCH3 is 4. The number of nitrogens with zero attached hydrogens (tertiary/aromatic N) is 11. The second kappa shape index (κ2) is 29.5. The summed E-state index contributed by atoms with van der Waals surface area (Å²) in [6.07, 6.45) is -7.20. The van der Waals surface area contributed by atoms with E-state index in [1.165, 1.54) is 85.1 Å². The third-order valence-corrected chi connectivity index (χ3v) is 17.2. The Morgan fingerprint density at radius 1 is 0.538 bits per heavy atom. The highest BCUT2D eigenvalue weighted by Gasteiger charge is 2.51. The fourth-order valence-corrected chi connectivity index (χ4v) is 11.9. The number of aliphatic hydroxyl groups excluding tert-OH is 4. The zero-order valence-corrected chi connectivity index (χ0v) is 52.2. The number of phosphoric acid groups is 1. The molecule has 0 spiro atoms. The average molecular weight is 1350 g/mol. The summed E-state index contributed by atoms with van der Waals surface area (Å²) in [5.41, 5.74) is 20.7. The van der Waals surface area contributed by atoms with Crippen molar-refractivity contribution < 1.29 is 90.8 Å². The van der Waals surface area contributed by atoms with Crippen LogP contribution in [0.1, 0.15) is 51.6 Å². The number of nitrogen functional groups attached to an aromatic ring is 4. The summed E-state index contributed by atoms with van der Waals surface area (Å²) in [6, 6.07) is 1.46. The summed E-state index contributed by atoms with van der Waals surface area (Å²) in [6.45, 7) is 0.604. The van der Waals surface area contributed by atoms with E-state index in [4.69, 9.17) is 86.2 Å². The molecule has 0 bridgehead atoms. The van der Waals surface area contributed by atoms with Crippen LogP contribution >= 0.6 is 14.5 Å². The molecule has 11 heterocycles. The van der Waals surface area contributed by atoms with E-state index in [1.54, 1.807) is 6.92 Å². The predicted molar refractivity (Wildman–Crippen MR) is 316 cm³/mol. The zero-order valence-electron chi connectivity index (χ0n) is 49.6. The van der Waals surface area contributed by atoms with E-state index in [1.807, 2.05) is 6.92 Å². The van der Waals surface area contributed by atoms with Gasteiger partial charge in [-0.15, -0.1) is 0 Å². The molecule has 18 atom stereocenters. The van der Waals surface area contributed by atoms with Gasteiger partial charge in [0.05, 0.1) is 44.4 Å². The Hall–Kier alpha value is -6.71. The Balaban J connectivity index is 0.000000157. The SMILES string of the molecule is CC[C@H]1O[C@@H](n2cnc3c(=O)[nH]c(N)nc32)C(O)[C@H]1OP(=O)(O)OC.CC[C@H]1O[C@@H](n2cnc3c(=O)[nH]c(N)nc32)C(O)[C@H]1OP(O)(=S)OC.COC[C@H]1O[C@@H](n2ccc(N)nc2=O)C(O)[C@H]1OC.COC[C@H]1O[C@@H](n2cnc3c(=O)[nH]c(N)nc32)C(O)[C@H]1OC. The van der Waals surface area contributed by atoms with E-state index in [-0.39, 0.29) is 70.4 Å². The number of aromatic amines is 3. The number of nitrogens with two attached hydrogens (primary N) is 4. The van der Waals surface area contributed by atoms with Gasteiger partial charge in [-0.1, -0.05) is 13.8 Å². The van der Waals surface area contributed by atoms with E-state index in [9.17, 15) is 54.0 Å². The Labute approximate surface area is 517 Å². The first-order valence-corrected chi connectivity index (χ1v) is 31.3. The van der Waals surface area contributed by atoms with Gasteiger partial charge in [0.1, 0.15) is 66.9 Å². The summed E-state index contributed by atoms with van der Waals surface area (Å²) in [5, 5.41) is 41.8. The molecule has 7 aromatic heterocycles. The molecule has 0 aliphatic carbocycles. The maximum Gasteiger partial charge on any atom is 0.472 e. The highest BCUT2D eigenvalue weighted by molar-refractivity contribution is 8.07. The lowest BCUT2D eigenvalue weighted by Crippen LogP contribution is -2.37. The van der Waals surface area contributed by atoms with Crippen molar-refractivity contribution in [3.63, 3.8) is 0 Å². The van der Waals surface area contributed by atoms with Crippen LogP contribution in [0.2, 0.25) is 0 Å². The van der Waals surface area contributed by atoms with Crippen LogP contribution < -0.4 is 45.3 Å². The number of phosphoric ester groups is 1. The maximum atomic E-state index is 11.9. The Morgan fingerprint density at radius 3 is 1.22 bits per heavy atom. The molecule has 502 valence electrons. The third-order valence-electron chi connectivity index (χ3n) is 14.5. The molecule has 4 aliphatic heterocycles. The number of fused-ring (bicyclic) bond motifs is 3. The van der Waals surface area contributed by atoms with Crippen molar-refractivity contribution in [3.8, 4) is 0 Å². The van der Waals surface area contributed by atoms with Gasteiger partial charge in [-0.2, -0.15) is 19.9 Å². The fraction of sp³-hybridized carbons (Fsp3) is 0.596. The molecular formula is C47H70N18O23P2S. The first-order chi connectivity index (χ1) is 43.2. The quantitative estimate of drug-likeness (QED) is 0.0371. The highest BCUT2D eigenvalue weighted by atomic mass is 32.5. The first kappa shape index (κ1) is 70.2. The van der Waals surface area contributed by atoms with E-state index >= 15 is 0 Å². The molecule has 6 unspecified atom stereocenters. The molecule has 0 amide bonds. The van der Waals surface area contributed by atoms with Crippen molar-refractivity contribution in [3.05, 3.63) is 72.8 Å². The molecule has 0 saturated carbocycles. The largest absolute Gasteiger partial charge is 0.472 e. The maximum absolute atomic E-state index is 11.9. The normalized spacial score (nSPS) is 29.3. The van der Waals surface area contributed by atoms with Crippen molar-refractivity contribution in [1.29, 1.82) is 0 Å². The van der Waals surface area contributed by atoms with Crippen LogP contribution in [0.15, 0.2) is 50.4 Å². The van der Waals surface area contributed by atoms with E-state index in [2.05, 4.69) is 54.4 Å². The molecule has 7 aromatic rings. The Morgan fingerprint density at radius 2 is 0.890 bits per heavy atom. The summed E-state index contributed by atoms with van der Waals surface area (Å²) in [7, 11) is 3.91. The number of ether oxygens (including phenoxy) is 8. The minimum Gasteiger partial charge on any atom is -0.386 e. The number of hydrogen-bond acceptors (Lipinski definition) is 33. The molecular weight excluding hydrogens is 1280 g/mol. The van der Waals surface area contributed by atoms with Gasteiger partial charge >= 0.3 is 20.2 Å². The number of aromatic nitrogens is 14. The van der Waals surface area contributed by atoms with Gasteiger partial charge in [0.15, 0.2) is 58.4 Å². The summed E-state index contributed by atoms with van der Waals surface area (Å²) < 4.78 is 80.1. The van der Waals surface area contributed by atoms with Gasteiger partial charge in [0, 0.05) is 48.9 Å². The van der Waals surface area contributed by atoms with Crippen molar-refractivity contribution in [2.75, 3.05) is 78.8 Å². The van der Waals surface area contributed by atoms with Crippen LogP contribution in [-0.4, -0.2) is 227 Å². The number of nitrogens with one attached hydrogen (secondary N) is 3. The number of hydrogen-bond donors (Lipinski definition) is 13. The van der Waals surface area contributed by atoms with Gasteiger partial charge in [-0.05, 0) is 30.7 Å². The van der Waals surface area contributed by atoms with Gasteiger partial charge in [0.2, 0.25) is 17.8 Å². The summed E-state index contributed by atoms with van der Waals surface area (Å²) in [5.74, 6) is -0.128. The molecule has 41 nitrogen and oxygen atoms in total. The third kappa shape index (κ3) is 15.0. The Kier molecular flexibility index (Phi) is 22.7. The minimum atomic E-state index is -4.33. The van der Waals surface area contributed by atoms with Crippen LogP contribution in [0.5, 0.6) is 0 Å². The lowest BCUT2D eigenvalue weighted by atomic mass is 10.1. The predicted octanol–water partition coefficient (Wildman–Crippen LogP) is -3.51. The highest BCUT2D eigenvalue weighted by Crippen LogP contribution is 2.50. The number of imidazole rings is 3. The molecule has 4 aliphatic rings. The lowest BCUT2D eigenvalue weighted by Gasteiger charge is -2.23. The van der Waals surface area contributed by atoms with Crippen molar-refractivity contribution in [2.45, 2.75) is 125 Å². The molecule has 4 saturated heterocycles. The van der Waals surface area contributed by atoms with Crippen molar-refractivity contribution >= 4 is 83.5 Å². The van der Waals surface area contributed by atoms with Gasteiger partial charge in [-0.3, -0.25) is 61.2 Å². The van der Waals surface area contributed by atoms with Gasteiger partial charge in [0.25, 0.3) is 16.7 Å². The number of rotatable bonds is 18. The minimum absolute atomic E-state index is 0.0205. The Bertz CT molecular complexity index is 3840. The molecule has 91 heavy (non-hydrogen) atoms. The molecule has 0 radical (unpaired) electrons. The van der Waals surface area contributed by atoms with E-state index in [0.29, 0.717) is 12.8 Å². The van der Waals surface area contributed by atoms with Crippen molar-refractivity contribution in [2.24, 2.45) is 0 Å². The molecule has 0 aromatic carbocycles. The summed E-state index contributed by atoms with van der Waals surface area (Å²) in [4.78, 5) is 101. The smallest absolute Gasteiger partial charge is 0.386 e. The average Bonchev–Trinajstić information content (AvgIpc) is 1.64. The molecule has 11 rings (SSSR count). The van der Waals surface area contributed by atoms with E-state index < -0.39 is 135 Å². The number of H-pyrrole nitrogens is 3. The molecule has 44 heteroatoms. The number of anilines is 4. The molecule has 4 fully saturated rings. The van der Waals surface area contributed by atoms with Crippen LogP contribution in [0.3, 0.4) is 0 Å². The first-order valence-electron chi connectivity index (χ1n) is 27.2. The second-order valence-electron chi connectivity index (χ2n) is 20.2. The van der Waals surface area contributed by atoms with Crippen LogP contribution in [0.4, 0.5) is 23.7 Å². The monoisotopic (exact) mass is 1350 g/mol. The van der Waals surface area contributed by atoms with Crippen LogP contribution in [-0.2, 0) is 72.4 Å². The van der Waals surface area contributed by atoms with Crippen LogP contribution in [0, 0.1) is 0 Å². The molecule has 17 N–H and O–H groups in total. The fourth-order valence-electron chi connectivity index (χ4n) is 10.3. The van der Waals surface area contributed by atoms with Gasteiger partial charge in [-0.25, -0.2) is 24.3 Å². The number of aliphatic hydroxyl groups is 4. The van der Waals surface area contributed by atoms with Crippen LogP contribution in [0.25, 0.3) is 33.5 Å². The van der Waals surface area contributed by atoms with Gasteiger partial charge < -0.3 is 95.6 Å². The topological polar surface area (TPSA) is 579 Å². The second-order valence-corrected chi connectivity index (χ2v) is 24.6. The van der Waals surface area contributed by atoms with Crippen molar-refractivity contribution in [1.82, 2.24) is 68.1 Å². The zero-order chi connectivity index (χ0) is 66.6. The standard InChI is InChI=1S/C12H18N5O7P.C12H18N5O6PS.C12H17N5O5.C11H17N3O5/c1-3-5-8(24-25(20,21)22-2)7(18)11(23-5)17-4-14-6-9(17)15-12(13)16-10(6)19;1-3-5-8(23-24(20,25)21-2)7(18)11(22-5)17-4-14-6-9(17)15-12(13)16-10(6)19;1-20-3-5-8(21-2)7(18)11(22-5)17-4-14-6-9(17)15-12(13)16-10(6)19;1-17-5-6-9(18-2)8(15)10(19-6)14-4-3-7(12)13-11(14)16/h4-5,7-8,11,18H,3H2,1-2H3,(H,20,21)(H3,13,15,16,19);4-5,7-8,11,18H,3H2,1-2H3,(H,20,25)(H3,13,15,16,19);4-5,7-8,11,18H,3H2,1-2H3,(H3,13,15,16,19);3-4,6,8-10,15H,5H2,1-2H3,(H2,12,13,16)/t5-,7?,8+,11-;5-,7?,8+,11-,24?;5-,7?,8+,11-;6-,8?,9+,10-/m1111/s1. The summed E-state index contributed by atoms with van der Waals surface area (Å²) >= 11 is 4.85. The van der Waals surface area contributed by atoms with E-state index in [0.717, 1.165) is 7.11 Å². The lowest BCUT2D eigenvalue weighted by molar-refractivity contribution is -0.0640.